The third-order valence-corrected chi connectivity index (χ3v) is 5.79. The highest BCUT2D eigenvalue weighted by atomic mass is 16.5. The summed E-state index contributed by atoms with van der Waals surface area (Å²) in [6.45, 7) is 0.542. The second kappa shape index (κ2) is 11.2. The average Bonchev–Trinajstić information content (AvgIpc) is 3.18. The summed E-state index contributed by atoms with van der Waals surface area (Å²) in [4.78, 5) is 34.7. The van der Waals surface area contributed by atoms with E-state index in [4.69, 9.17) is 9.84 Å². The molecule has 0 saturated heterocycles. The van der Waals surface area contributed by atoms with Gasteiger partial charge in [-0.15, -0.1) is 0 Å². The molecular weight excluding hydrogens is 444 g/mol. The second-order valence-corrected chi connectivity index (χ2v) is 8.19. The van der Waals surface area contributed by atoms with E-state index in [1.54, 1.807) is 30.3 Å². The topological polar surface area (TPSA) is 105 Å². The monoisotopic (exact) mass is 470 g/mol. The number of anilines is 1. The SMILES string of the molecule is O=C(O)CCCNC(=O)/C=C/c1ccc(NC(=O)OCC2c3ccccc3-c3ccccc32)cc1. The predicted octanol–water partition coefficient (Wildman–Crippen LogP) is 5.04. The van der Waals surface area contributed by atoms with Crippen molar-refractivity contribution in [3.63, 3.8) is 0 Å². The number of ether oxygens (including phenoxy) is 1. The molecule has 3 aromatic rings. The van der Waals surface area contributed by atoms with Crippen LogP contribution in [-0.4, -0.2) is 36.2 Å². The Bertz CT molecular complexity index is 1200. The van der Waals surface area contributed by atoms with Crippen molar-refractivity contribution in [2.45, 2.75) is 18.8 Å². The van der Waals surface area contributed by atoms with E-state index >= 15 is 0 Å². The molecule has 0 radical (unpaired) electrons. The predicted molar refractivity (Wildman–Crippen MR) is 134 cm³/mol. The lowest BCUT2D eigenvalue weighted by Gasteiger charge is -2.14. The summed E-state index contributed by atoms with van der Waals surface area (Å²) in [5, 5.41) is 14.0. The van der Waals surface area contributed by atoms with E-state index < -0.39 is 12.1 Å². The smallest absolute Gasteiger partial charge is 0.411 e. The molecule has 7 nitrogen and oxygen atoms in total. The lowest BCUT2D eigenvalue weighted by molar-refractivity contribution is -0.137. The normalized spacial score (nSPS) is 12.1. The number of carbonyl (C=O) groups is 3. The molecule has 0 saturated carbocycles. The molecule has 1 aliphatic rings. The summed E-state index contributed by atoms with van der Waals surface area (Å²) in [5.41, 5.74) is 6.03. The molecule has 178 valence electrons. The molecule has 2 amide bonds. The number of amides is 2. The molecule has 4 rings (SSSR count). The first-order valence-corrected chi connectivity index (χ1v) is 11.4. The van der Waals surface area contributed by atoms with Gasteiger partial charge in [-0.25, -0.2) is 4.79 Å². The number of hydrogen-bond acceptors (Lipinski definition) is 4. The van der Waals surface area contributed by atoms with Gasteiger partial charge in [-0.2, -0.15) is 0 Å². The van der Waals surface area contributed by atoms with Crippen molar-refractivity contribution in [1.82, 2.24) is 5.32 Å². The van der Waals surface area contributed by atoms with Gasteiger partial charge < -0.3 is 15.2 Å². The molecule has 7 heteroatoms. The highest BCUT2D eigenvalue weighted by molar-refractivity contribution is 5.92. The quantitative estimate of drug-likeness (QED) is 0.300. The fraction of sp³-hybridized carbons (Fsp3) is 0.179. The summed E-state index contributed by atoms with van der Waals surface area (Å²) < 4.78 is 5.56. The molecule has 0 atom stereocenters. The van der Waals surface area contributed by atoms with E-state index in [0.29, 0.717) is 18.7 Å². The molecule has 1 aliphatic carbocycles. The first-order valence-electron chi connectivity index (χ1n) is 11.4. The largest absolute Gasteiger partial charge is 0.481 e. The van der Waals surface area contributed by atoms with Crippen molar-refractivity contribution in [2.24, 2.45) is 0 Å². The van der Waals surface area contributed by atoms with Gasteiger partial charge in [-0.3, -0.25) is 14.9 Å². The highest BCUT2D eigenvalue weighted by Crippen LogP contribution is 2.44. The van der Waals surface area contributed by atoms with Gasteiger partial charge >= 0.3 is 12.1 Å². The number of benzene rings is 3. The molecule has 0 heterocycles. The van der Waals surface area contributed by atoms with E-state index in [2.05, 4.69) is 34.9 Å². The number of rotatable bonds is 9. The van der Waals surface area contributed by atoms with Gasteiger partial charge in [0.05, 0.1) is 0 Å². The first kappa shape index (κ1) is 23.8. The summed E-state index contributed by atoms with van der Waals surface area (Å²) in [6, 6.07) is 23.3. The molecule has 0 aliphatic heterocycles. The molecule has 3 aromatic carbocycles. The van der Waals surface area contributed by atoms with E-state index in [0.717, 1.165) is 16.7 Å². The number of carbonyl (C=O) groups excluding carboxylic acids is 2. The summed E-state index contributed by atoms with van der Waals surface area (Å²) >= 11 is 0. The molecule has 0 fully saturated rings. The molecular formula is C28H26N2O5. The molecule has 35 heavy (non-hydrogen) atoms. The van der Waals surface area contributed by atoms with E-state index in [-0.39, 0.29) is 24.9 Å². The average molecular weight is 471 g/mol. The van der Waals surface area contributed by atoms with Crippen molar-refractivity contribution < 1.29 is 24.2 Å². The van der Waals surface area contributed by atoms with Crippen LogP contribution in [0.5, 0.6) is 0 Å². The van der Waals surface area contributed by atoms with Crippen molar-refractivity contribution in [3.8, 4) is 11.1 Å². The van der Waals surface area contributed by atoms with Gasteiger partial charge in [0, 0.05) is 30.6 Å². The molecule has 3 N–H and O–H groups in total. The van der Waals surface area contributed by atoms with Crippen molar-refractivity contribution in [2.75, 3.05) is 18.5 Å². The minimum absolute atomic E-state index is 0.00376. The van der Waals surface area contributed by atoms with Crippen LogP contribution in [0.3, 0.4) is 0 Å². The molecule has 0 bridgehead atoms. The minimum Gasteiger partial charge on any atom is -0.481 e. The molecule has 0 aromatic heterocycles. The third-order valence-electron chi connectivity index (χ3n) is 5.79. The van der Waals surface area contributed by atoms with Crippen LogP contribution in [0.2, 0.25) is 0 Å². The van der Waals surface area contributed by atoms with E-state index in [1.807, 2.05) is 24.3 Å². The van der Waals surface area contributed by atoms with Crippen molar-refractivity contribution in [1.29, 1.82) is 0 Å². The highest BCUT2D eigenvalue weighted by Gasteiger charge is 2.28. The van der Waals surface area contributed by atoms with Crippen LogP contribution in [-0.2, 0) is 14.3 Å². The molecule has 0 unspecified atom stereocenters. The lowest BCUT2D eigenvalue weighted by Crippen LogP contribution is -2.22. The van der Waals surface area contributed by atoms with Crippen molar-refractivity contribution >= 4 is 29.7 Å². The summed E-state index contributed by atoms with van der Waals surface area (Å²) in [5.74, 6) is -1.19. The first-order chi connectivity index (χ1) is 17.0. The van der Waals surface area contributed by atoms with Gasteiger partial charge in [0.15, 0.2) is 0 Å². The van der Waals surface area contributed by atoms with E-state index in [1.165, 1.54) is 17.2 Å². The van der Waals surface area contributed by atoms with Gasteiger partial charge in [0.1, 0.15) is 6.61 Å². The second-order valence-electron chi connectivity index (χ2n) is 8.19. The van der Waals surface area contributed by atoms with Crippen LogP contribution in [0.4, 0.5) is 10.5 Å². The van der Waals surface area contributed by atoms with Crippen LogP contribution in [0.1, 0.15) is 35.4 Å². The maximum atomic E-state index is 12.4. The van der Waals surface area contributed by atoms with Gasteiger partial charge in [0.2, 0.25) is 5.91 Å². The number of nitrogens with one attached hydrogen (secondary N) is 2. The van der Waals surface area contributed by atoms with Crippen LogP contribution < -0.4 is 10.6 Å². The third kappa shape index (κ3) is 6.14. The Labute approximate surface area is 203 Å². The Kier molecular flexibility index (Phi) is 7.57. The molecule has 0 spiro atoms. The zero-order valence-corrected chi connectivity index (χ0v) is 19.1. The zero-order chi connectivity index (χ0) is 24.6. The van der Waals surface area contributed by atoms with Crippen LogP contribution in [0.15, 0.2) is 78.9 Å². The Morgan fingerprint density at radius 2 is 1.51 bits per heavy atom. The maximum absolute atomic E-state index is 12.4. The Balaban J connectivity index is 1.27. The summed E-state index contributed by atoms with van der Waals surface area (Å²) in [6.07, 6.45) is 2.89. The number of carboxylic acid groups (broad SMARTS) is 1. The fourth-order valence-corrected chi connectivity index (χ4v) is 4.11. The number of carboxylic acids is 1. The zero-order valence-electron chi connectivity index (χ0n) is 19.1. The standard InChI is InChI=1S/C28H26N2O5/c31-26(29-17-5-10-27(32)33)16-13-19-11-14-20(15-12-19)30-28(34)35-18-25-23-8-3-1-6-21(23)22-7-2-4-9-24(22)25/h1-4,6-9,11-16,25H,5,10,17-18H2,(H,29,31)(H,30,34)(H,32,33)/b16-13+. The van der Waals surface area contributed by atoms with Crippen LogP contribution in [0.25, 0.3) is 17.2 Å². The summed E-state index contributed by atoms with van der Waals surface area (Å²) in [7, 11) is 0. The van der Waals surface area contributed by atoms with Crippen LogP contribution >= 0.6 is 0 Å². The van der Waals surface area contributed by atoms with E-state index in [9.17, 15) is 14.4 Å². The van der Waals surface area contributed by atoms with Crippen LogP contribution in [0, 0.1) is 0 Å². The Morgan fingerprint density at radius 1 is 0.886 bits per heavy atom. The van der Waals surface area contributed by atoms with Crippen molar-refractivity contribution in [3.05, 3.63) is 95.6 Å². The van der Waals surface area contributed by atoms with Gasteiger partial charge in [0.25, 0.3) is 0 Å². The lowest BCUT2D eigenvalue weighted by atomic mass is 9.98. The number of hydrogen-bond donors (Lipinski definition) is 3. The Hall–Kier alpha value is -4.39. The van der Waals surface area contributed by atoms with Gasteiger partial charge in [-0.05, 0) is 52.4 Å². The number of fused-ring (bicyclic) bond motifs is 3. The minimum atomic E-state index is -0.887. The fourth-order valence-electron chi connectivity index (χ4n) is 4.11. The van der Waals surface area contributed by atoms with Gasteiger partial charge in [-0.1, -0.05) is 60.7 Å². The maximum Gasteiger partial charge on any atom is 0.411 e. The number of aliphatic carboxylic acids is 1. The Morgan fingerprint density at radius 3 is 2.14 bits per heavy atom.